The van der Waals surface area contributed by atoms with E-state index in [0.717, 1.165) is 5.56 Å². The van der Waals surface area contributed by atoms with Crippen LogP contribution in [0.4, 0.5) is 0 Å². The van der Waals surface area contributed by atoms with Crippen LogP contribution in [0.3, 0.4) is 0 Å². The summed E-state index contributed by atoms with van der Waals surface area (Å²) in [5, 5.41) is 3.45. The first-order valence-electron chi connectivity index (χ1n) is 5.58. The van der Waals surface area contributed by atoms with Crippen LogP contribution >= 0.6 is 23.8 Å². The highest BCUT2D eigenvalue weighted by molar-refractivity contribution is 7.80. The minimum atomic E-state index is -0.397. The van der Waals surface area contributed by atoms with Crippen molar-refractivity contribution >= 4 is 34.7 Å². The molecule has 3 nitrogen and oxygen atoms in total. The van der Waals surface area contributed by atoms with Gasteiger partial charge in [-0.3, -0.25) is 4.79 Å². The number of amides is 1. The molecule has 98 valence electrons. The van der Waals surface area contributed by atoms with Gasteiger partial charge in [-0.1, -0.05) is 37.7 Å². The first kappa shape index (κ1) is 14.9. The second-order valence-electron chi connectivity index (χ2n) is 4.89. The van der Waals surface area contributed by atoms with E-state index >= 15 is 0 Å². The van der Waals surface area contributed by atoms with Gasteiger partial charge in [0, 0.05) is 22.5 Å². The molecule has 1 aromatic carbocycles. The Labute approximate surface area is 118 Å². The molecule has 0 aromatic heterocycles. The van der Waals surface area contributed by atoms with Crippen molar-refractivity contribution in [3.05, 3.63) is 34.3 Å². The van der Waals surface area contributed by atoms with Gasteiger partial charge >= 0.3 is 0 Å². The van der Waals surface area contributed by atoms with Crippen LogP contribution in [-0.4, -0.2) is 17.4 Å². The summed E-state index contributed by atoms with van der Waals surface area (Å²) in [5.41, 5.74) is 6.66. The van der Waals surface area contributed by atoms with Gasteiger partial charge in [-0.25, -0.2) is 0 Å². The highest BCUT2D eigenvalue weighted by Crippen LogP contribution is 2.17. The van der Waals surface area contributed by atoms with Crippen molar-refractivity contribution < 1.29 is 4.79 Å². The summed E-state index contributed by atoms with van der Waals surface area (Å²) >= 11 is 10.8. The van der Waals surface area contributed by atoms with E-state index < -0.39 is 5.41 Å². The summed E-state index contributed by atoms with van der Waals surface area (Å²) < 4.78 is 0. The van der Waals surface area contributed by atoms with E-state index in [-0.39, 0.29) is 5.91 Å². The third kappa shape index (κ3) is 3.68. The summed E-state index contributed by atoms with van der Waals surface area (Å²) in [6, 6.07) is 5.16. The van der Waals surface area contributed by atoms with Crippen LogP contribution in [0.5, 0.6) is 0 Å². The lowest BCUT2D eigenvalue weighted by atomic mass is 9.93. The van der Waals surface area contributed by atoms with Crippen LogP contribution in [0.25, 0.3) is 0 Å². The van der Waals surface area contributed by atoms with E-state index in [1.165, 1.54) is 0 Å². The Bertz CT molecular complexity index is 486. The molecule has 0 bridgehead atoms. The second kappa shape index (κ2) is 5.67. The van der Waals surface area contributed by atoms with Gasteiger partial charge in [-0.15, -0.1) is 0 Å². The maximum Gasteiger partial charge on any atom is 0.251 e. The molecule has 0 unspecified atom stereocenters. The van der Waals surface area contributed by atoms with Crippen molar-refractivity contribution in [2.45, 2.75) is 20.8 Å². The van der Waals surface area contributed by atoms with Crippen LogP contribution in [-0.2, 0) is 0 Å². The topological polar surface area (TPSA) is 55.1 Å². The predicted octanol–water partition coefficient (Wildman–Crippen LogP) is 2.69. The largest absolute Gasteiger partial charge is 0.393 e. The Morgan fingerprint density at radius 2 is 2.11 bits per heavy atom. The number of hydrogen-bond acceptors (Lipinski definition) is 2. The Kier molecular flexibility index (Phi) is 4.71. The van der Waals surface area contributed by atoms with E-state index in [4.69, 9.17) is 29.6 Å². The quantitative estimate of drug-likeness (QED) is 0.836. The molecule has 5 heteroatoms. The average molecular weight is 285 g/mol. The maximum absolute atomic E-state index is 12.0. The van der Waals surface area contributed by atoms with Crippen molar-refractivity contribution in [1.82, 2.24) is 5.32 Å². The van der Waals surface area contributed by atoms with Crippen molar-refractivity contribution in [3.63, 3.8) is 0 Å². The number of nitrogens with one attached hydrogen (secondary N) is 1. The lowest BCUT2D eigenvalue weighted by Crippen LogP contribution is -2.41. The molecule has 0 aliphatic carbocycles. The van der Waals surface area contributed by atoms with E-state index in [1.54, 1.807) is 18.2 Å². The molecule has 0 atom stereocenters. The average Bonchev–Trinajstić information content (AvgIpc) is 2.25. The standard InChI is InChI=1S/C13H17ClN2OS/c1-8-6-9(14)4-5-10(8)11(17)16-7-13(2,3)12(15)18/h4-6H,7H2,1-3H3,(H2,15,18)(H,16,17). The number of hydrogen-bond donors (Lipinski definition) is 2. The molecule has 0 radical (unpaired) electrons. The Morgan fingerprint density at radius 1 is 1.50 bits per heavy atom. The van der Waals surface area contributed by atoms with Gasteiger partial charge in [0.25, 0.3) is 5.91 Å². The summed E-state index contributed by atoms with van der Waals surface area (Å²) in [4.78, 5) is 12.4. The van der Waals surface area contributed by atoms with Crippen molar-refractivity contribution in [1.29, 1.82) is 0 Å². The van der Waals surface area contributed by atoms with Gasteiger partial charge in [0.2, 0.25) is 0 Å². The molecule has 3 N–H and O–H groups in total. The summed E-state index contributed by atoms with van der Waals surface area (Å²) in [6.07, 6.45) is 0. The molecule has 0 saturated heterocycles. The third-order valence-corrected chi connectivity index (χ3v) is 3.58. The van der Waals surface area contributed by atoms with Crippen LogP contribution in [0.1, 0.15) is 29.8 Å². The molecule has 18 heavy (non-hydrogen) atoms. The van der Waals surface area contributed by atoms with E-state index in [2.05, 4.69) is 5.32 Å². The maximum atomic E-state index is 12.0. The fraction of sp³-hybridized carbons (Fsp3) is 0.385. The van der Waals surface area contributed by atoms with Crippen LogP contribution in [0.2, 0.25) is 5.02 Å². The zero-order valence-corrected chi connectivity index (χ0v) is 12.3. The van der Waals surface area contributed by atoms with Crippen molar-refractivity contribution in [2.24, 2.45) is 11.1 Å². The molecule has 0 aliphatic rings. The molecule has 0 saturated carbocycles. The summed E-state index contributed by atoms with van der Waals surface area (Å²) in [5.74, 6) is -0.145. The Balaban J connectivity index is 2.75. The zero-order chi connectivity index (χ0) is 13.9. The summed E-state index contributed by atoms with van der Waals surface area (Å²) in [7, 11) is 0. The van der Waals surface area contributed by atoms with Crippen molar-refractivity contribution in [2.75, 3.05) is 6.54 Å². The number of carbonyl (C=O) groups is 1. The normalized spacial score (nSPS) is 11.1. The molecule has 1 rings (SSSR count). The molecule has 0 spiro atoms. The predicted molar refractivity (Wildman–Crippen MR) is 79.1 cm³/mol. The molecular weight excluding hydrogens is 268 g/mol. The highest BCUT2D eigenvalue weighted by atomic mass is 35.5. The summed E-state index contributed by atoms with van der Waals surface area (Å²) in [6.45, 7) is 6.04. The molecule has 0 aliphatic heterocycles. The van der Waals surface area contributed by atoms with Gasteiger partial charge in [0.05, 0.1) is 4.99 Å². The van der Waals surface area contributed by atoms with Crippen LogP contribution < -0.4 is 11.1 Å². The number of thiocarbonyl (C=S) groups is 1. The molecule has 0 heterocycles. The van der Waals surface area contributed by atoms with Crippen LogP contribution in [0.15, 0.2) is 18.2 Å². The fourth-order valence-electron chi connectivity index (χ4n) is 1.37. The number of aryl methyl sites for hydroxylation is 1. The van der Waals surface area contributed by atoms with Gasteiger partial charge in [0.15, 0.2) is 0 Å². The number of benzene rings is 1. The number of halogens is 1. The van der Waals surface area contributed by atoms with Gasteiger partial charge in [-0.2, -0.15) is 0 Å². The van der Waals surface area contributed by atoms with E-state index in [1.807, 2.05) is 20.8 Å². The Hall–Kier alpha value is -1.13. The monoisotopic (exact) mass is 284 g/mol. The number of nitrogens with two attached hydrogens (primary N) is 1. The van der Waals surface area contributed by atoms with Gasteiger partial charge in [0.1, 0.15) is 0 Å². The van der Waals surface area contributed by atoms with Crippen molar-refractivity contribution in [3.8, 4) is 0 Å². The minimum Gasteiger partial charge on any atom is -0.393 e. The van der Waals surface area contributed by atoms with E-state index in [0.29, 0.717) is 22.1 Å². The smallest absolute Gasteiger partial charge is 0.251 e. The van der Waals surface area contributed by atoms with Crippen LogP contribution in [0, 0.1) is 12.3 Å². The second-order valence-corrected chi connectivity index (χ2v) is 5.77. The number of carbonyl (C=O) groups excluding carboxylic acids is 1. The SMILES string of the molecule is Cc1cc(Cl)ccc1C(=O)NCC(C)(C)C(N)=S. The molecule has 1 amide bonds. The lowest BCUT2D eigenvalue weighted by Gasteiger charge is -2.23. The number of rotatable bonds is 4. The van der Waals surface area contributed by atoms with E-state index in [9.17, 15) is 4.79 Å². The lowest BCUT2D eigenvalue weighted by molar-refractivity contribution is 0.0944. The minimum absolute atomic E-state index is 0.145. The Morgan fingerprint density at radius 3 is 2.61 bits per heavy atom. The van der Waals surface area contributed by atoms with Gasteiger partial charge < -0.3 is 11.1 Å². The third-order valence-electron chi connectivity index (χ3n) is 2.79. The van der Waals surface area contributed by atoms with Gasteiger partial charge in [-0.05, 0) is 30.7 Å². The first-order chi connectivity index (χ1) is 8.24. The molecule has 1 aromatic rings. The molecular formula is C13H17ClN2OS. The molecule has 0 fully saturated rings. The first-order valence-corrected chi connectivity index (χ1v) is 6.37. The zero-order valence-electron chi connectivity index (χ0n) is 10.7. The fourth-order valence-corrected chi connectivity index (χ4v) is 1.66. The highest BCUT2D eigenvalue weighted by Gasteiger charge is 2.22.